The van der Waals surface area contributed by atoms with Crippen LogP contribution in [-0.2, 0) is 9.59 Å². The van der Waals surface area contributed by atoms with Crippen molar-refractivity contribution < 1.29 is 9.59 Å². The quantitative estimate of drug-likeness (QED) is 0.654. The van der Waals surface area contributed by atoms with Crippen LogP contribution < -0.4 is 5.32 Å². The third kappa shape index (κ3) is 3.02. The van der Waals surface area contributed by atoms with Gasteiger partial charge in [-0.1, -0.05) is 13.8 Å². The zero-order valence-corrected chi connectivity index (χ0v) is 10.3. The lowest BCUT2D eigenvalue weighted by atomic mass is 10.2. The van der Waals surface area contributed by atoms with Gasteiger partial charge in [0.05, 0.1) is 12.6 Å². The molecule has 0 aromatic rings. The highest BCUT2D eigenvalue weighted by molar-refractivity contribution is 6.00. The molecule has 0 bridgehead atoms. The molecule has 2 amide bonds. The first kappa shape index (κ1) is 13.1. The van der Waals surface area contributed by atoms with E-state index in [-0.39, 0.29) is 24.4 Å². The number of carbonyl (C=O) groups is 2. The average molecular weight is 227 g/mol. The molecular formula is C11H21N3O2. The molecule has 1 N–H and O–H groups in total. The Hall–Kier alpha value is -0.940. The Labute approximate surface area is 96.8 Å². The number of carbonyl (C=O) groups excluding carboxylic acids is 2. The van der Waals surface area contributed by atoms with E-state index < -0.39 is 0 Å². The molecule has 1 saturated heterocycles. The Kier molecular flexibility index (Phi) is 4.89. The van der Waals surface area contributed by atoms with Gasteiger partial charge in [0.25, 0.3) is 0 Å². The Morgan fingerprint density at radius 3 is 2.56 bits per heavy atom. The number of likely N-dealkylation sites (N-methyl/N-ethyl adjacent to an activating group) is 1. The van der Waals surface area contributed by atoms with Crippen molar-refractivity contribution in [2.24, 2.45) is 0 Å². The van der Waals surface area contributed by atoms with Crippen molar-refractivity contribution in [3.05, 3.63) is 0 Å². The minimum atomic E-state index is -0.241. The minimum Gasteiger partial charge on any atom is -0.302 e. The van der Waals surface area contributed by atoms with Crippen LogP contribution in [0.4, 0.5) is 0 Å². The Bertz CT molecular complexity index is 264. The molecule has 0 aromatic heterocycles. The van der Waals surface area contributed by atoms with Gasteiger partial charge in [-0.2, -0.15) is 0 Å². The second-order valence-electron chi connectivity index (χ2n) is 4.01. The van der Waals surface area contributed by atoms with Crippen molar-refractivity contribution in [1.82, 2.24) is 15.1 Å². The van der Waals surface area contributed by atoms with E-state index in [0.717, 1.165) is 19.6 Å². The third-order valence-electron chi connectivity index (χ3n) is 3.03. The maximum atomic E-state index is 11.7. The fourth-order valence-electron chi connectivity index (χ4n) is 1.80. The van der Waals surface area contributed by atoms with Crippen LogP contribution in [0.15, 0.2) is 0 Å². The molecule has 1 fully saturated rings. The van der Waals surface area contributed by atoms with Crippen molar-refractivity contribution >= 4 is 11.8 Å². The molecule has 92 valence electrons. The van der Waals surface area contributed by atoms with Gasteiger partial charge in [-0.05, 0) is 20.0 Å². The summed E-state index contributed by atoms with van der Waals surface area (Å²) in [6.45, 7) is 9.37. The van der Waals surface area contributed by atoms with Crippen molar-refractivity contribution in [3.63, 3.8) is 0 Å². The summed E-state index contributed by atoms with van der Waals surface area (Å²) >= 11 is 0. The van der Waals surface area contributed by atoms with E-state index >= 15 is 0 Å². The number of imide groups is 1. The van der Waals surface area contributed by atoms with Gasteiger partial charge in [0.1, 0.15) is 0 Å². The first-order valence-electron chi connectivity index (χ1n) is 5.90. The highest BCUT2D eigenvalue weighted by atomic mass is 16.2. The second-order valence-corrected chi connectivity index (χ2v) is 4.01. The lowest BCUT2D eigenvalue weighted by Gasteiger charge is -2.31. The molecule has 1 aliphatic heterocycles. The zero-order valence-electron chi connectivity index (χ0n) is 10.3. The highest BCUT2D eigenvalue weighted by Gasteiger charge is 2.30. The van der Waals surface area contributed by atoms with Crippen LogP contribution in [0.25, 0.3) is 0 Å². The largest absolute Gasteiger partial charge is 0.302 e. The van der Waals surface area contributed by atoms with Gasteiger partial charge in [-0.25, -0.2) is 0 Å². The van der Waals surface area contributed by atoms with E-state index in [4.69, 9.17) is 0 Å². The standard InChI is InChI=1S/C11H21N3O2/c1-4-13(5-2)6-7-14-10(15)8-12-9(3)11(14)16/h9,12H,4-8H2,1-3H3. The van der Waals surface area contributed by atoms with E-state index in [1.54, 1.807) is 6.92 Å². The Morgan fingerprint density at radius 1 is 1.38 bits per heavy atom. The number of nitrogens with one attached hydrogen (secondary N) is 1. The van der Waals surface area contributed by atoms with Crippen LogP contribution in [-0.4, -0.2) is 60.4 Å². The minimum absolute atomic E-state index is 0.108. The first-order valence-corrected chi connectivity index (χ1v) is 5.90. The van der Waals surface area contributed by atoms with Gasteiger partial charge < -0.3 is 4.90 Å². The average Bonchev–Trinajstić information content (AvgIpc) is 2.29. The lowest BCUT2D eigenvalue weighted by molar-refractivity contribution is -0.149. The number of hydrogen-bond donors (Lipinski definition) is 1. The molecule has 0 aromatic carbocycles. The molecule has 1 aliphatic rings. The summed E-state index contributed by atoms with van der Waals surface area (Å²) < 4.78 is 0. The Morgan fingerprint density at radius 2 is 2.00 bits per heavy atom. The predicted molar refractivity (Wildman–Crippen MR) is 62.0 cm³/mol. The van der Waals surface area contributed by atoms with Gasteiger partial charge in [-0.15, -0.1) is 0 Å². The fraction of sp³-hybridized carbons (Fsp3) is 0.818. The van der Waals surface area contributed by atoms with Gasteiger partial charge in [0.2, 0.25) is 11.8 Å². The van der Waals surface area contributed by atoms with Crippen molar-refractivity contribution in [2.45, 2.75) is 26.8 Å². The maximum absolute atomic E-state index is 11.7. The summed E-state index contributed by atoms with van der Waals surface area (Å²) in [5.74, 6) is -0.223. The molecule has 1 rings (SSSR count). The number of hydrogen-bond acceptors (Lipinski definition) is 4. The maximum Gasteiger partial charge on any atom is 0.246 e. The molecule has 0 saturated carbocycles. The lowest BCUT2D eigenvalue weighted by Crippen LogP contribution is -2.58. The van der Waals surface area contributed by atoms with Crippen molar-refractivity contribution in [2.75, 3.05) is 32.7 Å². The topological polar surface area (TPSA) is 52.6 Å². The van der Waals surface area contributed by atoms with Crippen molar-refractivity contribution in [3.8, 4) is 0 Å². The predicted octanol–water partition coefficient (Wildman–Crippen LogP) is -0.325. The zero-order chi connectivity index (χ0) is 12.1. The Balaban J connectivity index is 2.50. The third-order valence-corrected chi connectivity index (χ3v) is 3.03. The number of piperazine rings is 1. The fourth-order valence-corrected chi connectivity index (χ4v) is 1.80. The molecule has 0 aliphatic carbocycles. The molecule has 16 heavy (non-hydrogen) atoms. The summed E-state index contributed by atoms with van der Waals surface area (Å²) in [5.41, 5.74) is 0. The van der Waals surface area contributed by atoms with Crippen LogP contribution in [0.3, 0.4) is 0 Å². The first-order chi connectivity index (χ1) is 7.60. The molecule has 1 unspecified atom stereocenters. The van der Waals surface area contributed by atoms with Crippen LogP contribution in [0.5, 0.6) is 0 Å². The summed E-state index contributed by atoms with van der Waals surface area (Å²) in [4.78, 5) is 26.9. The summed E-state index contributed by atoms with van der Waals surface area (Å²) in [6.07, 6.45) is 0. The molecule has 5 nitrogen and oxygen atoms in total. The summed E-state index contributed by atoms with van der Waals surface area (Å²) in [5, 5.41) is 2.87. The van der Waals surface area contributed by atoms with E-state index in [1.165, 1.54) is 4.90 Å². The highest BCUT2D eigenvalue weighted by Crippen LogP contribution is 2.02. The van der Waals surface area contributed by atoms with Gasteiger partial charge >= 0.3 is 0 Å². The van der Waals surface area contributed by atoms with Crippen LogP contribution in [0.2, 0.25) is 0 Å². The second kappa shape index (κ2) is 5.96. The molecular weight excluding hydrogens is 206 g/mol. The number of rotatable bonds is 5. The number of nitrogens with zero attached hydrogens (tertiary/aromatic N) is 2. The van der Waals surface area contributed by atoms with E-state index in [9.17, 15) is 9.59 Å². The van der Waals surface area contributed by atoms with Gasteiger partial charge in [0, 0.05) is 13.1 Å². The van der Waals surface area contributed by atoms with E-state index in [2.05, 4.69) is 24.1 Å². The van der Waals surface area contributed by atoms with Crippen LogP contribution in [0, 0.1) is 0 Å². The van der Waals surface area contributed by atoms with E-state index in [1.807, 2.05) is 0 Å². The molecule has 5 heteroatoms. The smallest absolute Gasteiger partial charge is 0.246 e. The molecule has 0 spiro atoms. The van der Waals surface area contributed by atoms with Crippen LogP contribution >= 0.6 is 0 Å². The van der Waals surface area contributed by atoms with Crippen molar-refractivity contribution in [1.29, 1.82) is 0 Å². The summed E-state index contributed by atoms with van der Waals surface area (Å²) in [6, 6.07) is -0.241. The molecule has 1 heterocycles. The van der Waals surface area contributed by atoms with Gasteiger partial charge in [0.15, 0.2) is 0 Å². The SMILES string of the molecule is CCN(CC)CCN1C(=O)CNC(C)C1=O. The summed E-state index contributed by atoms with van der Waals surface area (Å²) in [7, 11) is 0. The van der Waals surface area contributed by atoms with Gasteiger partial charge in [-0.3, -0.25) is 19.8 Å². The van der Waals surface area contributed by atoms with Crippen LogP contribution in [0.1, 0.15) is 20.8 Å². The van der Waals surface area contributed by atoms with E-state index in [0.29, 0.717) is 6.54 Å². The molecule has 0 radical (unpaired) electrons. The monoisotopic (exact) mass is 227 g/mol. The molecule has 1 atom stereocenters. The normalized spacial score (nSPS) is 22.0. The number of amides is 2.